The highest BCUT2D eigenvalue weighted by Crippen LogP contribution is 2.07. The van der Waals surface area contributed by atoms with Crippen LogP contribution in [0.15, 0.2) is 122 Å². The Balaban J connectivity index is 4.92. The highest BCUT2D eigenvalue weighted by molar-refractivity contribution is 6.02. The van der Waals surface area contributed by atoms with Crippen molar-refractivity contribution in [2.24, 2.45) is 5.73 Å². The van der Waals surface area contributed by atoms with E-state index in [1.807, 2.05) is 31.2 Å². The molecule has 0 bridgehead atoms. The summed E-state index contributed by atoms with van der Waals surface area (Å²) in [6, 6.07) is 0. The number of ether oxygens (including phenoxy) is 2. The summed E-state index contributed by atoms with van der Waals surface area (Å²) in [4.78, 5) is 0. The fraction of sp³-hybridized carbons (Fsp3) is 0.192. The van der Waals surface area contributed by atoms with Gasteiger partial charge in [-0.25, -0.2) is 0 Å². The average molecular weight is 422 g/mol. The first-order valence-electron chi connectivity index (χ1n) is 9.90. The van der Waals surface area contributed by atoms with Crippen LogP contribution in [0.5, 0.6) is 0 Å². The van der Waals surface area contributed by atoms with Crippen molar-refractivity contribution in [1.29, 1.82) is 5.41 Å². The second-order valence-electron chi connectivity index (χ2n) is 6.07. The lowest BCUT2D eigenvalue weighted by molar-refractivity contribution is 0.224. The highest BCUT2D eigenvalue weighted by Gasteiger charge is 1.97. The van der Waals surface area contributed by atoms with E-state index < -0.39 is 0 Å². The molecule has 0 unspecified atom stereocenters. The van der Waals surface area contributed by atoms with E-state index in [9.17, 15) is 0 Å². The Morgan fingerprint density at radius 3 is 2.45 bits per heavy atom. The smallest absolute Gasteiger partial charge is 0.122 e. The van der Waals surface area contributed by atoms with Crippen LogP contribution in [-0.4, -0.2) is 26.0 Å². The maximum atomic E-state index is 7.99. The third-order valence-electron chi connectivity index (χ3n) is 3.69. The molecule has 0 amide bonds. The first-order valence-corrected chi connectivity index (χ1v) is 9.90. The summed E-state index contributed by atoms with van der Waals surface area (Å²) < 4.78 is 11.0. The van der Waals surface area contributed by atoms with Crippen LogP contribution in [0.2, 0.25) is 0 Å². The lowest BCUT2D eigenvalue weighted by Crippen LogP contribution is -2.13. The summed E-state index contributed by atoms with van der Waals surface area (Å²) in [5.41, 5.74) is 7.82. The maximum Gasteiger partial charge on any atom is 0.122 e. The molecule has 0 fully saturated rings. The van der Waals surface area contributed by atoms with Gasteiger partial charge in [0.1, 0.15) is 18.1 Å². The molecule has 0 saturated carbocycles. The van der Waals surface area contributed by atoms with Crippen molar-refractivity contribution in [3.8, 4) is 0 Å². The Kier molecular flexibility index (Phi) is 16.1. The standard InChI is InChI=1S/C26H35N3O2/c1-6-10-17-29-18-19-31-25(9-4)21-26(30-5)14-11-13-23(27)20-24(28)16-15-22(8-3)12-7-2/h6-11,13-17,20-21,28-29H,1-2,4,12,18-19,27H2,3,5H3/b13-11+,16-15+,17-10-,22-8+,23-20?,25-21+,26-14-,28-24?. The molecule has 0 aromatic rings. The molecule has 0 aliphatic rings. The fourth-order valence-corrected chi connectivity index (χ4v) is 2.10. The summed E-state index contributed by atoms with van der Waals surface area (Å²) in [6.45, 7) is 14.1. The Bertz CT molecular complexity index is 807. The molecule has 31 heavy (non-hydrogen) atoms. The van der Waals surface area contributed by atoms with Crippen LogP contribution in [0.1, 0.15) is 13.3 Å². The number of methoxy groups -OCH3 is 1. The van der Waals surface area contributed by atoms with Gasteiger partial charge in [0, 0.05) is 18.3 Å². The monoisotopic (exact) mass is 421 g/mol. The van der Waals surface area contributed by atoms with Crippen LogP contribution in [-0.2, 0) is 9.47 Å². The molecule has 0 rings (SSSR count). The van der Waals surface area contributed by atoms with Gasteiger partial charge in [-0.15, -0.1) is 6.58 Å². The predicted octanol–water partition coefficient (Wildman–Crippen LogP) is 5.39. The molecule has 0 aliphatic heterocycles. The van der Waals surface area contributed by atoms with Crippen molar-refractivity contribution in [2.75, 3.05) is 20.3 Å². The van der Waals surface area contributed by atoms with Gasteiger partial charge in [0.05, 0.1) is 12.8 Å². The number of allylic oxidation sites excluding steroid dienone is 13. The molecule has 0 heterocycles. The largest absolute Gasteiger partial charge is 0.497 e. The van der Waals surface area contributed by atoms with Crippen LogP contribution >= 0.6 is 0 Å². The van der Waals surface area contributed by atoms with Gasteiger partial charge in [-0.2, -0.15) is 0 Å². The van der Waals surface area contributed by atoms with Gasteiger partial charge in [-0.3, -0.25) is 0 Å². The summed E-state index contributed by atoms with van der Waals surface area (Å²) in [6.07, 6.45) is 23.6. The van der Waals surface area contributed by atoms with Crippen molar-refractivity contribution in [3.63, 3.8) is 0 Å². The maximum absolute atomic E-state index is 7.99. The minimum atomic E-state index is 0.306. The molecule has 4 N–H and O–H groups in total. The number of rotatable bonds is 16. The van der Waals surface area contributed by atoms with Crippen LogP contribution in [0.4, 0.5) is 0 Å². The quantitative estimate of drug-likeness (QED) is 0.103. The topological polar surface area (TPSA) is 80.4 Å². The number of hydrogen-bond acceptors (Lipinski definition) is 5. The van der Waals surface area contributed by atoms with E-state index in [1.54, 1.807) is 61.9 Å². The van der Waals surface area contributed by atoms with Crippen molar-refractivity contribution >= 4 is 5.71 Å². The van der Waals surface area contributed by atoms with Crippen molar-refractivity contribution < 1.29 is 9.47 Å². The van der Waals surface area contributed by atoms with Gasteiger partial charge < -0.3 is 25.9 Å². The molecule has 166 valence electrons. The normalized spacial score (nSPS) is 13.6. The third kappa shape index (κ3) is 14.9. The van der Waals surface area contributed by atoms with Crippen molar-refractivity contribution in [3.05, 3.63) is 122 Å². The second kappa shape index (κ2) is 18.3. The Hall–Kier alpha value is -3.73. The molecule has 0 atom stereocenters. The molecule has 5 heteroatoms. The van der Waals surface area contributed by atoms with E-state index in [1.165, 1.54) is 0 Å². The zero-order valence-corrected chi connectivity index (χ0v) is 18.6. The number of nitrogens with two attached hydrogens (primary N) is 1. The van der Waals surface area contributed by atoms with E-state index in [2.05, 4.69) is 25.1 Å². The average Bonchev–Trinajstić information content (AvgIpc) is 2.76. The van der Waals surface area contributed by atoms with Gasteiger partial charge in [0.15, 0.2) is 0 Å². The minimum absolute atomic E-state index is 0.306. The fourth-order valence-electron chi connectivity index (χ4n) is 2.10. The molecule has 0 aromatic heterocycles. The first kappa shape index (κ1) is 27.3. The Morgan fingerprint density at radius 1 is 1.06 bits per heavy atom. The van der Waals surface area contributed by atoms with Crippen molar-refractivity contribution in [2.45, 2.75) is 13.3 Å². The lowest BCUT2D eigenvalue weighted by atomic mass is 10.1. The molecular weight excluding hydrogens is 386 g/mol. The van der Waals surface area contributed by atoms with Crippen LogP contribution in [0.25, 0.3) is 0 Å². The van der Waals surface area contributed by atoms with Gasteiger partial charge >= 0.3 is 0 Å². The van der Waals surface area contributed by atoms with Crippen LogP contribution < -0.4 is 11.1 Å². The second-order valence-corrected chi connectivity index (χ2v) is 6.07. The van der Waals surface area contributed by atoms with Gasteiger partial charge in [-0.05, 0) is 61.6 Å². The van der Waals surface area contributed by atoms with Crippen molar-refractivity contribution in [1.82, 2.24) is 5.32 Å². The molecular formula is C26H35N3O2. The van der Waals surface area contributed by atoms with E-state index in [4.69, 9.17) is 20.6 Å². The number of hydrogen-bond donors (Lipinski definition) is 3. The molecule has 0 saturated heterocycles. The SMILES string of the molecule is C=C/C=C\NCCO/C(C=C)=C/C(=C/C=C/C(N)=CC(=N)/C=C/C(=C/C)CC=C)OC. The van der Waals surface area contributed by atoms with Gasteiger partial charge in [0.2, 0.25) is 0 Å². The van der Waals surface area contributed by atoms with E-state index in [-0.39, 0.29) is 0 Å². The minimum Gasteiger partial charge on any atom is -0.497 e. The first-order chi connectivity index (χ1) is 15.0. The summed E-state index contributed by atoms with van der Waals surface area (Å²) in [7, 11) is 1.57. The van der Waals surface area contributed by atoms with E-state index in [0.717, 1.165) is 12.0 Å². The van der Waals surface area contributed by atoms with E-state index in [0.29, 0.717) is 36.1 Å². The number of nitrogens with one attached hydrogen (secondary N) is 2. The predicted molar refractivity (Wildman–Crippen MR) is 134 cm³/mol. The Morgan fingerprint density at radius 2 is 1.84 bits per heavy atom. The van der Waals surface area contributed by atoms with Gasteiger partial charge in [-0.1, -0.05) is 43.5 Å². The van der Waals surface area contributed by atoms with Crippen LogP contribution in [0, 0.1) is 5.41 Å². The summed E-state index contributed by atoms with van der Waals surface area (Å²) in [5.74, 6) is 1.17. The molecule has 0 spiro atoms. The molecule has 0 aromatic carbocycles. The molecule has 0 radical (unpaired) electrons. The zero-order chi connectivity index (χ0) is 23.3. The lowest BCUT2D eigenvalue weighted by Gasteiger charge is -2.08. The Labute approximate surface area is 187 Å². The van der Waals surface area contributed by atoms with E-state index >= 15 is 0 Å². The zero-order valence-electron chi connectivity index (χ0n) is 18.6. The summed E-state index contributed by atoms with van der Waals surface area (Å²) >= 11 is 0. The third-order valence-corrected chi connectivity index (χ3v) is 3.69. The summed E-state index contributed by atoms with van der Waals surface area (Å²) in [5, 5.41) is 11.1. The molecule has 0 aliphatic carbocycles. The van der Waals surface area contributed by atoms with Gasteiger partial charge in [0.25, 0.3) is 0 Å². The van der Waals surface area contributed by atoms with Crippen LogP contribution in [0.3, 0.4) is 0 Å². The highest BCUT2D eigenvalue weighted by atomic mass is 16.5. The molecule has 5 nitrogen and oxygen atoms in total.